The lowest BCUT2D eigenvalue weighted by atomic mass is 10.2. The first-order chi connectivity index (χ1) is 10.1. The molecule has 6 heteroatoms. The fourth-order valence-electron chi connectivity index (χ4n) is 2.29. The van der Waals surface area contributed by atoms with E-state index in [4.69, 9.17) is 23.2 Å². The van der Waals surface area contributed by atoms with E-state index in [9.17, 15) is 4.39 Å². The molecule has 3 rings (SSSR count). The summed E-state index contributed by atoms with van der Waals surface area (Å²) in [5, 5.41) is -0.132. The van der Waals surface area contributed by atoms with E-state index in [2.05, 4.69) is 9.97 Å². The minimum absolute atomic E-state index is 0.110. The van der Waals surface area contributed by atoms with Crippen molar-refractivity contribution in [2.45, 2.75) is 18.8 Å². The Labute approximate surface area is 131 Å². The van der Waals surface area contributed by atoms with Crippen molar-refractivity contribution in [2.24, 2.45) is 0 Å². The van der Waals surface area contributed by atoms with Gasteiger partial charge < -0.3 is 4.57 Å². The van der Waals surface area contributed by atoms with Gasteiger partial charge in [-0.15, -0.1) is 11.6 Å². The van der Waals surface area contributed by atoms with Gasteiger partial charge in [0.2, 0.25) is 0 Å². The zero-order valence-electron chi connectivity index (χ0n) is 11.2. The van der Waals surface area contributed by atoms with Gasteiger partial charge >= 0.3 is 0 Å². The van der Waals surface area contributed by atoms with E-state index in [0.29, 0.717) is 6.54 Å². The molecule has 0 amide bonds. The summed E-state index contributed by atoms with van der Waals surface area (Å²) in [5.41, 5.74) is 2.61. The molecule has 3 nitrogen and oxygen atoms in total. The molecule has 0 saturated heterocycles. The summed E-state index contributed by atoms with van der Waals surface area (Å²) in [6.07, 6.45) is 3.41. The van der Waals surface area contributed by atoms with Crippen molar-refractivity contribution in [1.29, 1.82) is 0 Å². The molecule has 0 aliphatic heterocycles. The van der Waals surface area contributed by atoms with Crippen molar-refractivity contribution in [3.63, 3.8) is 0 Å². The Kier molecular flexibility index (Phi) is 3.83. The summed E-state index contributed by atoms with van der Waals surface area (Å²) in [6, 6.07) is 6.57. The minimum atomic E-state index is -0.425. The third-order valence-corrected chi connectivity index (χ3v) is 3.75. The van der Waals surface area contributed by atoms with Gasteiger partial charge in [-0.25, -0.2) is 9.37 Å². The summed E-state index contributed by atoms with van der Waals surface area (Å²) in [7, 11) is 0. The maximum atomic E-state index is 13.3. The van der Waals surface area contributed by atoms with Gasteiger partial charge in [0.1, 0.15) is 17.2 Å². The van der Waals surface area contributed by atoms with Gasteiger partial charge in [-0.1, -0.05) is 17.7 Å². The topological polar surface area (TPSA) is 30.7 Å². The number of imidazole rings is 1. The zero-order valence-corrected chi connectivity index (χ0v) is 12.7. The molecule has 0 aliphatic rings. The highest BCUT2D eigenvalue weighted by Crippen LogP contribution is 2.26. The molecular weight excluding hydrogens is 312 g/mol. The molecule has 21 heavy (non-hydrogen) atoms. The largest absolute Gasteiger partial charge is 0.322 e. The number of benzene rings is 1. The van der Waals surface area contributed by atoms with Gasteiger partial charge in [-0.2, -0.15) is 0 Å². The molecule has 1 aromatic carbocycles. The van der Waals surface area contributed by atoms with Crippen LogP contribution in [0.15, 0.2) is 36.7 Å². The van der Waals surface area contributed by atoms with E-state index in [-0.39, 0.29) is 10.4 Å². The van der Waals surface area contributed by atoms with E-state index in [1.807, 2.05) is 17.6 Å². The number of rotatable bonds is 3. The van der Waals surface area contributed by atoms with Crippen LogP contribution in [0.3, 0.4) is 0 Å². The number of fused-ring (bicyclic) bond motifs is 1. The van der Waals surface area contributed by atoms with Crippen LogP contribution in [0.2, 0.25) is 5.02 Å². The molecule has 0 aliphatic carbocycles. The van der Waals surface area contributed by atoms with Gasteiger partial charge in [0, 0.05) is 12.7 Å². The third-order valence-electron chi connectivity index (χ3n) is 3.26. The first-order valence-electron chi connectivity index (χ1n) is 6.44. The van der Waals surface area contributed by atoms with E-state index in [1.165, 1.54) is 6.07 Å². The Balaban J connectivity index is 2.10. The van der Waals surface area contributed by atoms with Gasteiger partial charge in [-0.05, 0) is 30.7 Å². The van der Waals surface area contributed by atoms with Gasteiger partial charge in [0.05, 0.1) is 22.1 Å². The Hall–Kier alpha value is -1.65. The fourth-order valence-corrected chi connectivity index (χ4v) is 2.66. The summed E-state index contributed by atoms with van der Waals surface area (Å²) in [6.45, 7) is 2.39. The highest BCUT2D eigenvalue weighted by atomic mass is 35.5. The Morgan fingerprint density at radius 1 is 1.33 bits per heavy atom. The molecular formula is C15H12Cl2FN3. The van der Waals surface area contributed by atoms with Crippen LogP contribution in [-0.2, 0) is 6.54 Å². The van der Waals surface area contributed by atoms with E-state index < -0.39 is 5.82 Å². The zero-order chi connectivity index (χ0) is 15.0. The van der Waals surface area contributed by atoms with Crippen LogP contribution in [0, 0.1) is 5.82 Å². The maximum absolute atomic E-state index is 13.3. The molecule has 0 bridgehead atoms. The van der Waals surface area contributed by atoms with Crippen LogP contribution in [0.4, 0.5) is 4.39 Å². The normalized spacial score (nSPS) is 12.8. The highest BCUT2D eigenvalue weighted by molar-refractivity contribution is 6.30. The monoisotopic (exact) mass is 323 g/mol. The van der Waals surface area contributed by atoms with Crippen LogP contribution < -0.4 is 0 Å². The fraction of sp³-hybridized carbons (Fsp3) is 0.200. The lowest BCUT2D eigenvalue weighted by Gasteiger charge is -2.11. The molecule has 0 radical (unpaired) electrons. The molecule has 2 heterocycles. The average molecular weight is 324 g/mol. The van der Waals surface area contributed by atoms with Gasteiger partial charge in [0.15, 0.2) is 0 Å². The third kappa shape index (κ3) is 2.74. The SMILES string of the molecule is CC(Cl)c1nc2cnccc2n1Cc1ccc(F)c(Cl)c1. The Morgan fingerprint density at radius 3 is 2.86 bits per heavy atom. The van der Waals surface area contributed by atoms with E-state index >= 15 is 0 Å². The van der Waals surface area contributed by atoms with Crippen LogP contribution in [-0.4, -0.2) is 14.5 Å². The van der Waals surface area contributed by atoms with Crippen LogP contribution in [0.5, 0.6) is 0 Å². The summed E-state index contributed by atoms with van der Waals surface area (Å²) in [4.78, 5) is 8.58. The average Bonchev–Trinajstić information content (AvgIpc) is 2.82. The summed E-state index contributed by atoms with van der Waals surface area (Å²) < 4.78 is 15.3. The van der Waals surface area contributed by atoms with Crippen molar-refractivity contribution < 1.29 is 4.39 Å². The number of halogens is 3. The first kappa shape index (κ1) is 14.3. The molecule has 0 fully saturated rings. The molecule has 0 saturated carbocycles. The molecule has 1 atom stereocenters. The number of nitrogens with zero attached hydrogens (tertiary/aromatic N) is 3. The molecule has 1 unspecified atom stereocenters. The van der Waals surface area contributed by atoms with E-state index in [0.717, 1.165) is 22.4 Å². The molecule has 0 spiro atoms. The lowest BCUT2D eigenvalue weighted by molar-refractivity contribution is 0.626. The van der Waals surface area contributed by atoms with Gasteiger partial charge in [-0.3, -0.25) is 4.98 Å². The second-order valence-corrected chi connectivity index (χ2v) is 5.85. The molecule has 2 aromatic heterocycles. The Bertz CT molecular complexity index is 799. The number of hydrogen-bond donors (Lipinski definition) is 0. The predicted molar refractivity (Wildman–Crippen MR) is 82.3 cm³/mol. The summed E-state index contributed by atoms with van der Waals surface area (Å²) >= 11 is 12.1. The Morgan fingerprint density at radius 2 is 2.14 bits per heavy atom. The molecule has 108 valence electrons. The summed E-state index contributed by atoms with van der Waals surface area (Å²) in [5.74, 6) is 0.325. The van der Waals surface area contributed by atoms with Crippen molar-refractivity contribution in [1.82, 2.24) is 14.5 Å². The second kappa shape index (κ2) is 5.62. The van der Waals surface area contributed by atoms with Crippen molar-refractivity contribution >= 4 is 34.2 Å². The van der Waals surface area contributed by atoms with Crippen molar-refractivity contribution in [3.05, 3.63) is 58.9 Å². The molecule has 3 aromatic rings. The molecule has 0 N–H and O–H groups in total. The number of pyridine rings is 1. The van der Waals surface area contributed by atoms with Crippen LogP contribution in [0.25, 0.3) is 11.0 Å². The van der Waals surface area contributed by atoms with Crippen molar-refractivity contribution in [3.8, 4) is 0 Å². The minimum Gasteiger partial charge on any atom is -0.322 e. The van der Waals surface area contributed by atoms with Crippen LogP contribution in [0.1, 0.15) is 23.7 Å². The standard InChI is InChI=1S/C15H12Cl2FN3/c1-9(16)15-20-13-7-19-5-4-14(13)21(15)8-10-2-3-12(18)11(17)6-10/h2-7,9H,8H2,1H3. The number of hydrogen-bond acceptors (Lipinski definition) is 2. The number of aromatic nitrogens is 3. The highest BCUT2D eigenvalue weighted by Gasteiger charge is 2.15. The van der Waals surface area contributed by atoms with Crippen LogP contribution >= 0.6 is 23.2 Å². The maximum Gasteiger partial charge on any atom is 0.141 e. The predicted octanol–water partition coefficient (Wildman–Crippen LogP) is 4.57. The quantitative estimate of drug-likeness (QED) is 0.661. The van der Waals surface area contributed by atoms with Gasteiger partial charge in [0.25, 0.3) is 0 Å². The first-order valence-corrected chi connectivity index (χ1v) is 7.26. The van der Waals surface area contributed by atoms with Crippen molar-refractivity contribution in [2.75, 3.05) is 0 Å². The van der Waals surface area contributed by atoms with E-state index in [1.54, 1.807) is 24.5 Å². The lowest BCUT2D eigenvalue weighted by Crippen LogP contribution is -2.06. The second-order valence-electron chi connectivity index (χ2n) is 4.78. The number of alkyl halides is 1. The smallest absolute Gasteiger partial charge is 0.141 e.